The van der Waals surface area contributed by atoms with E-state index in [9.17, 15) is 0 Å². The van der Waals surface area contributed by atoms with Crippen molar-refractivity contribution in [3.05, 3.63) is 209 Å². The Hall–Kier alpha value is -6.64. The third-order valence-electron chi connectivity index (χ3n) is 10.8. The van der Waals surface area contributed by atoms with Gasteiger partial charge >= 0.3 is 0 Å². The van der Waals surface area contributed by atoms with E-state index in [-0.39, 0.29) is 0 Å². The van der Waals surface area contributed by atoms with Crippen LogP contribution in [-0.2, 0) is 12.8 Å². The highest BCUT2D eigenvalue weighted by Crippen LogP contribution is 2.48. The summed E-state index contributed by atoms with van der Waals surface area (Å²) in [6, 6.07) is 58.9. The van der Waals surface area contributed by atoms with Crippen LogP contribution in [0.3, 0.4) is 0 Å². The summed E-state index contributed by atoms with van der Waals surface area (Å²) in [6.45, 7) is 2.25. The average molecular weight is 680 g/mol. The maximum atomic E-state index is 6.97. The minimum absolute atomic E-state index is 0.818. The molecule has 0 bridgehead atoms. The topological polar surface area (TPSA) is 16.4 Å². The number of allylic oxidation sites excluding steroid dienone is 5. The Morgan fingerprint density at radius 1 is 0.528 bits per heavy atom. The zero-order chi connectivity index (χ0) is 35.3. The van der Waals surface area contributed by atoms with Crippen molar-refractivity contribution in [2.75, 3.05) is 4.90 Å². The number of rotatable bonds is 5. The van der Waals surface area contributed by atoms with Crippen LogP contribution in [0.2, 0.25) is 0 Å². The zero-order valence-corrected chi connectivity index (χ0v) is 29.6. The maximum absolute atomic E-state index is 6.97. The van der Waals surface area contributed by atoms with E-state index in [1.807, 2.05) is 0 Å². The molecular formula is C51H37NO. The third-order valence-corrected chi connectivity index (χ3v) is 10.8. The molecule has 0 radical (unpaired) electrons. The van der Waals surface area contributed by atoms with Crippen LogP contribution in [0.4, 0.5) is 17.1 Å². The van der Waals surface area contributed by atoms with Gasteiger partial charge in [-0.2, -0.15) is 0 Å². The van der Waals surface area contributed by atoms with Gasteiger partial charge in [0.05, 0.1) is 11.1 Å². The molecule has 0 atom stereocenters. The Kier molecular flexibility index (Phi) is 7.54. The van der Waals surface area contributed by atoms with Crippen molar-refractivity contribution in [2.24, 2.45) is 0 Å². The smallest absolute Gasteiger partial charge is 0.145 e. The molecule has 53 heavy (non-hydrogen) atoms. The lowest BCUT2D eigenvalue weighted by Crippen LogP contribution is -2.11. The minimum Gasteiger partial charge on any atom is -0.455 e. The summed E-state index contributed by atoms with van der Waals surface area (Å²) < 4.78 is 6.97. The van der Waals surface area contributed by atoms with Gasteiger partial charge in [0, 0.05) is 22.3 Å². The van der Waals surface area contributed by atoms with E-state index in [4.69, 9.17) is 4.42 Å². The highest BCUT2D eigenvalue weighted by molar-refractivity contribution is 6.17. The summed E-state index contributed by atoms with van der Waals surface area (Å²) in [5.41, 5.74) is 18.9. The molecule has 0 amide bonds. The number of para-hydroxylation sites is 1. The van der Waals surface area contributed by atoms with Crippen molar-refractivity contribution in [1.29, 1.82) is 0 Å². The molecule has 2 aliphatic rings. The summed E-state index contributed by atoms with van der Waals surface area (Å²) in [5.74, 6) is 0. The number of nitrogens with zero attached hydrogens (tertiary/aromatic N) is 1. The van der Waals surface area contributed by atoms with Crippen LogP contribution in [0.15, 0.2) is 192 Å². The second-order valence-corrected chi connectivity index (χ2v) is 14.2. The molecule has 10 rings (SSSR count). The molecule has 0 spiro atoms. The first-order valence-electron chi connectivity index (χ1n) is 18.4. The molecule has 0 aliphatic heterocycles. The summed E-state index contributed by atoms with van der Waals surface area (Å²) in [6.07, 6.45) is 8.81. The predicted molar refractivity (Wildman–Crippen MR) is 223 cm³/mol. The van der Waals surface area contributed by atoms with Gasteiger partial charge in [0.2, 0.25) is 0 Å². The van der Waals surface area contributed by atoms with Crippen LogP contribution < -0.4 is 4.90 Å². The number of hydrogen-bond donors (Lipinski definition) is 0. The lowest BCUT2D eigenvalue weighted by atomic mass is 9.93. The summed E-state index contributed by atoms with van der Waals surface area (Å²) >= 11 is 0. The van der Waals surface area contributed by atoms with E-state index < -0.39 is 0 Å². The number of benzene rings is 7. The Morgan fingerprint density at radius 3 is 1.79 bits per heavy atom. The van der Waals surface area contributed by atoms with Crippen LogP contribution in [0.5, 0.6) is 0 Å². The molecule has 7 aromatic carbocycles. The number of furan rings is 1. The Bertz CT molecular complexity index is 2660. The van der Waals surface area contributed by atoms with Gasteiger partial charge in [0.15, 0.2) is 0 Å². The Morgan fingerprint density at radius 2 is 1.11 bits per heavy atom. The number of fused-ring (bicyclic) bond motifs is 8. The molecule has 0 saturated carbocycles. The van der Waals surface area contributed by atoms with Gasteiger partial charge in [-0.15, -0.1) is 0 Å². The molecular weight excluding hydrogens is 643 g/mol. The lowest BCUT2D eigenvalue weighted by Gasteiger charge is -2.28. The average Bonchev–Trinajstić information content (AvgIpc) is 3.79. The van der Waals surface area contributed by atoms with Crippen LogP contribution in [0.25, 0.3) is 55.8 Å². The molecule has 8 aromatic rings. The van der Waals surface area contributed by atoms with E-state index in [2.05, 4.69) is 194 Å². The van der Waals surface area contributed by atoms with Gasteiger partial charge in [-0.1, -0.05) is 145 Å². The first kappa shape index (κ1) is 31.1. The molecule has 1 heterocycles. The highest BCUT2D eigenvalue weighted by Gasteiger charge is 2.27. The van der Waals surface area contributed by atoms with Gasteiger partial charge in [-0.05, 0) is 112 Å². The minimum atomic E-state index is 0.818. The largest absolute Gasteiger partial charge is 0.455 e. The molecule has 1 aromatic heterocycles. The summed E-state index contributed by atoms with van der Waals surface area (Å²) in [4.78, 5) is 2.42. The van der Waals surface area contributed by atoms with E-state index in [0.29, 0.717) is 0 Å². The van der Waals surface area contributed by atoms with Crippen molar-refractivity contribution in [3.63, 3.8) is 0 Å². The van der Waals surface area contributed by atoms with Gasteiger partial charge in [0.25, 0.3) is 0 Å². The molecule has 2 heteroatoms. The third kappa shape index (κ3) is 5.51. The zero-order valence-electron chi connectivity index (χ0n) is 29.6. The van der Waals surface area contributed by atoms with Crippen molar-refractivity contribution in [3.8, 4) is 22.3 Å². The quantitative estimate of drug-likeness (QED) is 0.180. The van der Waals surface area contributed by atoms with Crippen molar-refractivity contribution in [2.45, 2.75) is 19.8 Å². The van der Waals surface area contributed by atoms with Gasteiger partial charge in [0.1, 0.15) is 11.2 Å². The van der Waals surface area contributed by atoms with Crippen LogP contribution >= 0.6 is 0 Å². The van der Waals surface area contributed by atoms with Gasteiger partial charge in [-0.3, -0.25) is 0 Å². The summed E-state index contributed by atoms with van der Waals surface area (Å²) in [5, 5.41) is 2.23. The standard InChI is InChI=1S/C51H37NO/c1-34-20-21-40-31-39-16-8-9-17-44(39)46(40)33-47-41(30-34)32-48(50-45-18-10-11-19-49(45)53-51(47)50)52(42-26-22-37(23-27-42)35-12-4-2-5-13-35)43-28-24-38(25-29-43)36-14-6-3-7-15-36/h2-29,32-33H,30-31H2,1H3/b34-20+,40-21-,46-33-. The molecule has 0 saturated heterocycles. The van der Waals surface area contributed by atoms with E-state index in [1.54, 1.807) is 0 Å². The van der Waals surface area contributed by atoms with Crippen molar-refractivity contribution < 1.29 is 4.42 Å². The second kappa shape index (κ2) is 12.8. The van der Waals surface area contributed by atoms with Crippen LogP contribution in [0, 0.1) is 0 Å². The second-order valence-electron chi connectivity index (χ2n) is 14.2. The maximum Gasteiger partial charge on any atom is 0.145 e. The Labute approximate surface area is 310 Å². The number of anilines is 3. The molecule has 2 nitrogen and oxygen atoms in total. The van der Waals surface area contributed by atoms with Gasteiger partial charge < -0.3 is 9.32 Å². The Balaban J connectivity index is 1.23. The highest BCUT2D eigenvalue weighted by atomic mass is 16.3. The van der Waals surface area contributed by atoms with Crippen LogP contribution in [0.1, 0.15) is 29.2 Å². The summed E-state index contributed by atoms with van der Waals surface area (Å²) in [7, 11) is 0. The normalized spacial score (nSPS) is 16.5. The molecule has 0 fully saturated rings. The van der Waals surface area contributed by atoms with Crippen molar-refractivity contribution in [1.82, 2.24) is 0 Å². The number of hydrogen-bond acceptors (Lipinski definition) is 2. The van der Waals surface area contributed by atoms with E-state index in [1.165, 1.54) is 55.7 Å². The SMILES string of the molecule is C\C1=C/C=C2/Cc3ccccc3/C2=C\c2c(cc(N(c3ccc(-c4ccccc4)cc3)c3ccc(-c4ccccc4)cc3)c3c2oc2ccccc23)C1. The van der Waals surface area contributed by atoms with Crippen LogP contribution in [-0.4, -0.2) is 0 Å². The first-order chi connectivity index (χ1) is 26.2. The predicted octanol–water partition coefficient (Wildman–Crippen LogP) is 13.9. The fourth-order valence-electron chi connectivity index (χ4n) is 8.20. The van der Waals surface area contributed by atoms with E-state index in [0.717, 1.165) is 57.4 Å². The molecule has 252 valence electrons. The monoisotopic (exact) mass is 679 g/mol. The van der Waals surface area contributed by atoms with E-state index >= 15 is 0 Å². The molecule has 0 unspecified atom stereocenters. The fraction of sp³-hybridized carbons (Fsp3) is 0.0588. The fourth-order valence-corrected chi connectivity index (χ4v) is 8.20. The van der Waals surface area contributed by atoms with Crippen molar-refractivity contribution >= 4 is 50.6 Å². The lowest BCUT2D eigenvalue weighted by molar-refractivity contribution is 0.667. The molecule has 0 N–H and O–H groups in total. The first-order valence-corrected chi connectivity index (χ1v) is 18.4. The van der Waals surface area contributed by atoms with Gasteiger partial charge in [-0.25, -0.2) is 0 Å². The molecule has 2 aliphatic carbocycles.